The maximum atomic E-state index is 12.5. The van der Waals surface area contributed by atoms with Crippen LogP contribution in [0.2, 0.25) is 0 Å². The van der Waals surface area contributed by atoms with Gasteiger partial charge in [0.2, 0.25) is 5.91 Å². The van der Waals surface area contributed by atoms with Gasteiger partial charge in [-0.05, 0) is 56.0 Å². The third-order valence-electron chi connectivity index (χ3n) is 4.66. The highest BCUT2D eigenvalue weighted by Gasteiger charge is 2.26. The molecule has 118 valence electrons. The topological polar surface area (TPSA) is 66.6 Å². The molecule has 0 spiro atoms. The van der Waals surface area contributed by atoms with Crippen LogP contribution in [0.1, 0.15) is 36.0 Å². The third kappa shape index (κ3) is 2.99. The van der Waals surface area contributed by atoms with E-state index in [2.05, 4.69) is 0 Å². The molecule has 0 bridgehead atoms. The number of carbonyl (C=O) groups excluding carboxylic acids is 2. The molecule has 1 atom stereocenters. The second kappa shape index (κ2) is 6.48. The van der Waals surface area contributed by atoms with Gasteiger partial charge in [-0.15, -0.1) is 0 Å². The van der Waals surface area contributed by atoms with Crippen molar-refractivity contribution in [2.75, 3.05) is 31.1 Å². The normalized spacial score (nSPS) is 22.2. The van der Waals surface area contributed by atoms with E-state index in [1.165, 1.54) is 0 Å². The van der Waals surface area contributed by atoms with Gasteiger partial charge in [-0.2, -0.15) is 0 Å². The molecule has 2 aliphatic rings. The summed E-state index contributed by atoms with van der Waals surface area (Å²) in [4.78, 5) is 28.1. The minimum Gasteiger partial charge on any atom is -0.338 e. The Bertz CT molecular complexity index is 556. The van der Waals surface area contributed by atoms with E-state index in [-0.39, 0.29) is 11.8 Å². The molecule has 0 aromatic heterocycles. The molecule has 5 heteroatoms. The maximum Gasteiger partial charge on any atom is 0.253 e. The second-order valence-electron chi connectivity index (χ2n) is 6.19. The lowest BCUT2D eigenvalue weighted by atomic mass is 10.1. The summed E-state index contributed by atoms with van der Waals surface area (Å²) in [7, 11) is 0. The van der Waals surface area contributed by atoms with Crippen LogP contribution in [0.25, 0.3) is 0 Å². The first-order chi connectivity index (χ1) is 10.7. The predicted molar refractivity (Wildman–Crippen MR) is 85.7 cm³/mol. The van der Waals surface area contributed by atoms with Crippen LogP contribution in [-0.4, -0.2) is 42.9 Å². The number of amides is 2. The minimum atomic E-state index is 0.0625. The largest absolute Gasteiger partial charge is 0.338 e. The zero-order valence-corrected chi connectivity index (χ0v) is 12.8. The van der Waals surface area contributed by atoms with E-state index in [4.69, 9.17) is 5.73 Å². The number of nitrogens with zero attached hydrogens (tertiary/aromatic N) is 2. The molecule has 0 radical (unpaired) electrons. The number of benzene rings is 1. The molecule has 3 rings (SSSR count). The summed E-state index contributed by atoms with van der Waals surface area (Å²) in [6.07, 6.45) is 3.63. The predicted octanol–water partition coefficient (Wildman–Crippen LogP) is 1.62. The fourth-order valence-corrected chi connectivity index (χ4v) is 3.25. The molecule has 1 aromatic carbocycles. The van der Waals surface area contributed by atoms with Crippen LogP contribution in [0, 0.1) is 5.92 Å². The molecule has 2 heterocycles. The van der Waals surface area contributed by atoms with Crippen molar-refractivity contribution in [2.45, 2.75) is 25.7 Å². The quantitative estimate of drug-likeness (QED) is 0.922. The number of piperidine rings is 1. The Labute approximate surface area is 131 Å². The molecule has 2 fully saturated rings. The van der Waals surface area contributed by atoms with Crippen LogP contribution >= 0.6 is 0 Å². The van der Waals surface area contributed by atoms with Gasteiger partial charge in [-0.3, -0.25) is 9.59 Å². The van der Waals surface area contributed by atoms with Gasteiger partial charge in [0.15, 0.2) is 0 Å². The van der Waals surface area contributed by atoms with Gasteiger partial charge in [0, 0.05) is 37.3 Å². The van der Waals surface area contributed by atoms with Gasteiger partial charge >= 0.3 is 0 Å². The SMILES string of the molecule is NC[C@@H]1CCN(C(=O)c2ccc(N3CCCCC3=O)cc2)C1. The first-order valence-corrected chi connectivity index (χ1v) is 8.09. The van der Waals surface area contributed by atoms with E-state index in [1.807, 2.05) is 34.1 Å². The molecule has 2 saturated heterocycles. The van der Waals surface area contributed by atoms with Gasteiger partial charge in [0.1, 0.15) is 0 Å². The van der Waals surface area contributed by atoms with Crippen molar-refractivity contribution < 1.29 is 9.59 Å². The average Bonchev–Trinajstić information content (AvgIpc) is 3.04. The number of likely N-dealkylation sites (tertiary alicyclic amines) is 1. The van der Waals surface area contributed by atoms with Crippen LogP contribution in [0.15, 0.2) is 24.3 Å². The molecule has 2 N–H and O–H groups in total. The fourth-order valence-electron chi connectivity index (χ4n) is 3.25. The standard InChI is InChI=1S/C17H23N3O2/c18-11-13-8-10-19(12-13)17(22)14-4-6-15(7-5-14)20-9-2-1-3-16(20)21/h4-7,13H,1-3,8-12,18H2/t13-/m0/s1. The maximum absolute atomic E-state index is 12.5. The Morgan fingerprint density at radius 2 is 1.95 bits per heavy atom. The molecule has 0 unspecified atom stereocenters. The van der Waals surface area contributed by atoms with Gasteiger partial charge in [0.25, 0.3) is 5.91 Å². The summed E-state index contributed by atoms with van der Waals surface area (Å²) < 4.78 is 0. The third-order valence-corrected chi connectivity index (χ3v) is 4.66. The monoisotopic (exact) mass is 301 g/mol. The number of hydrogen-bond donors (Lipinski definition) is 1. The number of hydrogen-bond acceptors (Lipinski definition) is 3. The van der Waals surface area contributed by atoms with E-state index in [9.17, 15) is 9.59 Å². The van der Waals surface area contributed by atoms with Crippen molar-refractivity contribution >= 4 is 17.5 Å². The lowest BCUT2D eigenvalue weighted by Crippen LogP contribution is -2.35. The Balaban J connectivity index is 1.68. The van der Waals surface area contributed by atoms with Gasteiger partial charge in [0.05, 0.1) is 0 Å². The summed E-state index contributed by atoms with van der Waals surface area (Å²) in [5, 5.41) is 0. The van der Waals surface area contributed by atoms with Gasteiger partial charge < -0.3 is 15.5 Å². The minimum absolute atomic E-state index is 0.0625. The fraction of sp³-hybridized carbons (Fsp3) is 0.529. The number of rotatable bonds is 3. The second-order valence-corrected chi connectivity index (χ2v) is 6.19. The van der Waals surface area contributed by atoms with E-state index >= 15 is 0 Å². The van der Waals surface area contributed by atoms with Crippen molar-refractivity contribution in [3.63, 3.8) is 0 Å². The Morgan fingerprint density at radius 3 is 2.59 bits per heavy atom. The molecule has 2 aliphatic heterocycles. The zero-order chi connectivity index (χ0) is 15.5. The highest BCUT2D eigenvalue weighted by Crippen LogP contribution is 2.23. The lowest BCUT2D eigenvalue weighted by Gasteiger charge is -2.27. The van der Waals surface area contributed by atoms with Gasteiger partial charge in [-0.1, -0.05) is 0 Å². The smallest absolute Gasteiger partial charge is 0.253 e. The van der Waals surface area contributed by atoms with Crippen molar-refractivity contribution in [1.82, 2.24) is 4.90 Å². The summed E-state index contributed by atoms with van der Waals surface area (Å²) >= 11 is 0. The summed E-state index contributed by atoms with van der Waals surface area (Å²) in [5.41, 5.74) is 7.25. The number of nitrogens with two attached hydrogens (primary N) is 1. The molecule has 1 aromatic rings. The Kier molecular flexibility index (Phi) is 4.43. The highest BCUT2D eigenvalue weighted by molar-refractivity contribution is 5.97. The average molecular weight is 301 g/mol. The van der Waals surface area contributed by atoms with E-state index in [0.717, 1.165) is 44.6 Å². The van der Waals surface area contributed by atoms with Crippen LogP contribution in [0.5, 0.6) is 0 Å². The van der Waals surface area contributed by atoms with Crippen molar-refractivity contribution in [1.29, 1.82) is 0 Å². The van der Waals surface area contributed by atoms with E-state index in [0.29, 0.717) is 24.4 Å². The number of anilines is 1. The highest BCUT2D eigenvalue weighted by atomic mass is 16.2. The van der Waals surface area contributed by atoms with Crippen molar-refractivity contribution in [2.24, 2.45) is 11.7 Å². The number of carbonyl (C=O) groups is 2. The van der Waals surface area contributed by atoms with Crippen LogP contribution in [0.4, 0.5) is 5.69 Å². The molecule has 5 nitrogen and oxygen atoms in total. The molecule has 0 aliphatic carbocycles. The molecule has 22 heavy (non-hydrogen) atoms. The first-order valence-electron chi connectivity index (χ1n) is 8.09. The van der Waals surface area contributed by atoms with Crippen LogP contribution in [0.3, 0.4) is 0 Å². The van der Waals surface area contributed by atoms with Crippen LogP contribution in [-0.2, 0) is 4.79 Å². The summed E-state index contributed by atoms with van der Waals surface area (Å²) in [6.45, 7) is 2.95. The zero-order valence-electron chi connectivity index (χ0n) is 12.8. The van der Waals surface area contributed by atoms with E-state index in [1.54, 1.807) is 0 Å². The van der Waals surface area contributed by atoms with Gasteiger partial charge in [-0.25, -0.2) is 0 Å². The van der Waals surface area contributed by atoms with E-state index < -0.39 is 0 Å². The Morgan fingerprint density at radius 1 is 1.18 bits per heavy atom. The molecular formula is C17H23N3O2. The van der Waals surface area contributed by atoms with Crippen molar-refractivity contribution in [3.8, 4) is 0 Å². The van der Waals surface area contributed by atoms with Crippen molar-refractivity contribution in [3.05, 3.63) is 29.8 Å². The Hall–Kier alpha value is -1.88. The van der Waals surface area contributed by atoms with Crippen LogP contribution < -0.4 is 10.6 Å². The molecule has 2 amide bonds. The molecular weight excluding hydrogens is 278 g/mol. The lowest BCUT2D eigenvalue weighted by molar-refractivity contribution is -0.119. The summed E-state index contributed by atoms with van der Waals surface area (Å²) in [5.74, 6) is 0.664. The first kappa shape index (κ1) is 15.0. The summed E-state index contributed by atoms with van der Waals surface area (Å²) in [6, 6.07) is 7.42. The molecule has 0 saturated carbocycles.